The summed E-state index contributed by atoms with van der Waals surface area (Å²) in [6, 6.07) is 9.38. The van der Waals surface area contributed by atoms with Gasteiger partial charge in [0.2, 0.25) is 5.91 Å². The Balaban J connectivity index is 1.45. The van der Waals surface area contributed by atoms with Crippen molar-refractivity contribution in [2.45, 2.75) is 19.9 Å². The molecular formula is C21H22N4O4S. The summed E-state index contributed by atoms with van der Waals surface area (Å²) >= 11 is 1.57. The zero-order valence-electron chi connectivity index (χ0n) is 17.0. The number of fused-ring (bicyclic) bond motifs is 3. The number of ether oxygens (including phenoxy) is 2. The Hall–Kier alpha value is -3.33. The molecule has 4 rings (SSSR count). The first kappa shape index (κ1) is 20.0. The highest BCUT2D eigenvalue weighted by Crippen LogP contribution is 2.25. The minimum Gasteiger partial charge on any atom is -0.497 e. The number of hydrogen-bond donors (Lipinski definition) is 1. The van der Waals surface area contributed by atoms with Crippen molar-refractivity contribution in [3.05, 3.63) is 57.5 Å². The van der Waals surface area contributed by atoms with E-state index >= 15 is 0 Å². The monoisotopic (exact) mass is 426 g/mol. The zero-order chi connectivity index (χ0) is 21.3. The molecule has 0 bridgehead atoms. The molecule has 0 aliphatic rings. The number of thiophene rings is 1. The number of carbonyl (C=O) groups is 1. The molecule has 30 heavy (non-hydrogen) atoms. The predicted octanol–water partition coefficient (Wildman–Crippen LogP) is 2.40. The Kier molecular flexibility index (Phi) is 5.45. The Morgan fingerprint density at radius 2 is 2.00 bits per heavy atom. The first-order valence-corrected chi connectivity index (χ1v) is 10.3. The molecule has 0 fully saturated rings. The summed E-state index contributed by atoms with van der Waals surface area (Å²) in [5, 5.41) is 9.16. The lowest BCUT2D eigenvalue weighted by Crippen LogP contribution is -2.35. The van der Waals surface area contributed by atoms with Gasteiger partial charge in [0.1, 0.15) is 29.4 Å². The number of amides is 1. The van der Waals surface area contributed by atoms with E-state index in [1.54, 1.807) is 31.6 Å². The summed E-state index contributed by atoms with van der Waals surface area (Å²) in [6.45, 7) is 2.11. The molecule has 0 unspecified atom stereocenters. The van der Waals surface area contributed by atoms with Crippen LogP contribution in [0.1, 0.15) is 11.4 Å². The number of carbonyl (C=O) groups excluding carboxylic acids is 1. The van der Waals surface area contributed by atoms with Crippen molar-refractivity contribution in [1.29, 1.82) is 0 Å². The minimum absolute atomic E-state index is 0.130. The van der Waals surface area contributed by atoms with Gasteiger partial charge in [-0.15, -0.1) is 11.3 Å². The Bertz CT molecular complexity index is 1290. The lowest BCUT2D eigenvalue weighted by atomic mass is 10.1. The van der Waals surface area contributed by atoms with Gasteiger partial charge in [-0.2, -0.15) is 5.10 Å². The van der Waals surface area contributed by atoms with Crippen molar-refractivity contribution in [2.24, 2.45) is 0 Å². The van der Waals surface area contributed by atoms with Gasteiger partial charge in [0.05, 0.1) is 24.4 Å². The molecule has 0 saturated heterocycles. The first-order chi connectivity index (χ1) is 14.5. The maximum absolute atomic E-state index is 12.8. The van der Waals surface area contributed by atoms with Crippen LogP contribution in [0.4, 0.5) is 0 Å². The second-order valence-corrected chi connectivity index (χ2v) is 7.77. The fourth-order valence-corrected chi connectivity index (χ4v) is 4.33. The number of methoxy groups -OCH3 is 2. The van der Waals surface area contributed by atoms with E-state index in [1.807, 2.05) is 41.0 Å². The molecule has 8 nitrogen and oxygen atoms in total. The highest BCUT2D eigenvalue weighted by atomic mass is 32.1. The summed E-state index contributed by atoms with van der Waals surface area (Å²) in [7, 11) is 3.19. The fraction of sp³-hybridized carbons (Fsp3) is 0.286. The standard InChI is InChI=1S/C21H22N4O4S/c1-13-23-24(21(27)17-11-19-16(25(13)17)7-9-30-19)12-20(26)22-8-6-14-4-5-15(28-2)10-18(14)29-3/h4-5,7,9-11H,6,8,12H2,1-3H3,(H,22,26). The number of hydrogen-bond acceptors (Lipinski definition) is 6. The molecule has 0 spiro atoms. The van der Waals surface area contributed by atoms with E-state index < -0.39 is 0 Å². The lowest BCUT2D eigenvalue weighted by molar-refractivity contribution is -0.121. The van der Waals surface area contributed by atoms with Crippen LogP contribution in [0, 0.1) is 6.92 Å². The van der Waals surface area contributed by atoms with Gasteiger partial charge in [-0.05, 0) is 42.5 Å². The van der Waals surface area contributed by atoms with Crippen LogP contribution < -0.4 is 20.3 Å². The van der Waals surface area contributed by atoms with Gasteiger partial charge >= 0.3 is 0 Å². The Morgan fingerprint density at radius 1 is 1.17 bits per heavy atom. The van der Waals surface area contributed by atoms with E-state index in [0.717, 1.165) is 15.8 Å². The van der Waals surface area contributed by atoms with Crippen molar-refractivity contribution in [2.75, 3.05) is 20.8 Å². The number of nitrogens with zero attached hydrogens (tertiary/aromatic N) is 3. The van der Waals surface area contributed by atoms with E-state index in [2.05, 4.69) is 10.4 Å². The van der Waals surface area contributed by atoms with Crippen LogP contribution in [-0.4, -0.2) is 40.9 Å². The summed E-state index contributed by atoms with van der Waals surface area (Å²) < 4.78 is 14.6. The maximum atomic E-state index is 12.8. The highest BCUT2D eigenvalue weighted by molar-refractivity contribution is 7.17. The predicted molar refractivity (Wildman–Crippen MR) is 116 cm³/mol. The average molecular weight is 426 g/mol. The van der Waals surface area contributed by atoms with Crippen LogP contribution >= 0.6 is 11.3 Å². The Labute approximate surface area is 176 Å². The molecule has 0 aliphatic heterocycles. The van der Waals surface area contributed by atoms with Gasteiger partial charge in [-0.1, -0.05) is 6.07 Å². The number of nitrogens with one attached hydrogen (secondary N) is 1. The van der Waals surface area contributed by atoms with Gasteiger partial charge in [0, 0.05) is 12.6 Å². The molecule has 1 N–H and O–H groups in total. The molecule has 9 heteroatoms. The second-order valence-electron chi connectivity index (χ2n) is 6.82. The normalized spacial score (nSPS) is 11.2. The van der Waals surface area contributed by atoms with Crippen molar-refractivity contribution >= 4 is 33.0 Å². The van der Waals surface area contributed by atoms with E-state index in [4.69, 9.17) is 9.47 Å². The third-order valence-electron chi connectivity index (χ3n) is 4.97. The number of benzene rings is 1. The van der Waals surface area contributed by atoms with E-state index in [0.29, 0.717) is 35.8 Å². The molecule has 1 amide bonds. The molecule has 3 heterocycles. The van der Waals surface area contributed by atoms with E-state index in [9.17, 15) is 9.59 Å². The zero-order valence-corrected chi connectivity index (χ0v) is 17.8. The molecule has 0 saturated carbocycles. The second kappa shape index (κ2) is 8.19. The van der Waals surface area contributed by atoms with Crippen LogP contribution in [0.3, 0.4) is 0 Å². The van der Waals surface area contributed by atoms with Crippen molar-refractivity contribution in [1.82, 2.24) is 19.5 Å². The number of aromatic nitrogens is 3. The summed E-state index contributed by atoms with van der Waals surface area (Å²) in [5.41, 5.74) is 2.16. The van der Waals surface area contributed by atoms with Crippen LogP contribution in [0.15, 0.2) is 40.5 Å². The van der Waals surface area contributed by atoms with Crippen LogP contribution in [0.25, 0.3) is 15.7 Å². The summed E-state index contributed by atoms with van der Waals surface area (Å²) in [6.07, 6.45) is 0.592. The molecule has 4 aromatic rings. The first-order valence-electron chi connectivity index (χ1n) is 9.46. The third kappa shape index (κ3) is 3.63. The largest absolute Gasteiger partial charge is 0.497 e. The van der Waals surface area contributed by atoms with Gasteiger partial charge in [-0.25, -0.2) is 4.68 Å². The average Bonchev–Trinajstić information content (AvgIpc) is 3.33. The van der Waals surface area contributed by atoms with Crippen LogP contribution in [0.2, 0.25) is 0 Å². The summed E-state index contributed by atoms with van der Waals surface area (Å²) in [4.78, 5) is 25.2. The molecular weight excluding hydrogens is 404 g/mol. The smallest absolute Gasteiger partial charge is 0.291 e. The lowest BCUT2D eigenvalue weighted by Gasteiger charge is -2.12. The molecule has 1 aromatic carbocycles. The molecule has 3 aromatic heterocycles. The fourth-order valence-electron chi connectivity index (χ4n) is 3.52. The van der Waals surface area contributed by atoms with Crippen molar-refractivity contribution in [3.63, 3.8) is 0 Å². The maximum Gasteiger partial charge on any atom is 0.291 e. The Morgan fingerprint density at radius 3 is 2.77 bits per heavy atom. The molecule has 0 aliphatic carbocycles. The quantitative estimate of drug-likeness (QED) is 0.490. The van der Waals surface area contributed by atoms with E-state index in [1.165, 1.54) is 4.68 Å². The van der Waals surface area contributed by atoms with Crippen molar-refractivity contribution < 1.29 is 14.3 Å². The number of rotatable bonds is 7. The van der Waals surface area contributed by atoms with Gasteiger partial charge in [0.25, 0.3) is 5.56 Å². The SMILES string of the molecule is COc1ccc(CCNC(=O)Cn2nc(C)n3c(cc4sccc43)c2=O)c(OC)c1. The van der Waals surface area contributed by atoms with E-state index in [-0.39, 0.29) is 18.0 Å². The van der Waals surface area contributed by atoms with Gasteiger partial charge < -0.3 is 14.8 Å². The number of aryl methyl sites for hydroxylation is 1. The third-order valence-corrected chi connectivity index (χ3v) is 5.82. The van der Waals surface area contributed by atoms with Crippen molar-refractivity contribution in [3.8, 4) is 11.5 Å². The highest BCUT2D eigenvalue weighted by Gasteiger charge is 2.15. The molecule has 0 radical (unpaired) electrons. The molecule has 156 valence electrons. The minimum atomic E-state index is -0.282. The van der Waals surface area contributed by atoms with Gasteiger partial charge in [-0.3, -0.25) is 14.0 Å². The summed E-state index contributed by atoms with van der Waals surface area (Å²) in [5.74, 6) is 1.81. The van der Waals surface area contributed by atoms with Crippen LogP contribution in [-0.2, 0) is 17.8 Å². The molecule has 0 atom stereocenters. The van der Waals surface area contributed by atoms with Crippen LogP contribution in [0.5, 0.6) is 11.5 Å². The van der Waals surface area contributed by atoms with Gasteiger partial charge in [0.15, 0.2) is 0 Å². The topological polar surface area (TPSA) is 86.9 Å².